The standard InChI is InChI=1S/C12H6Cl2F3NS/c13-8-3-1-2-7(11(8)14)9-4-6(12(15,16)17)5-10(19)18-9/h1-5H,(H,18,19). The molecule has 0 aliphatic heterocycles. The third kappa shape index (κ3) is 3.11. The lowest BCUT2D eigenvalue weighted by molar-refractivity contribution is -0.137. The van der Waals surface area contributed by atoms with E-state index >= 15 is 0 Å². The Morgan fingerprint density at radius 3 is 2.42 bits per heavy atom. The monoisotopic (exact) mass is 323 g/mol. The van der Waals surface area contributed by atoms with Crippen LogP contribution in [0.15, 0.2) is 30.3 Å². The highest BCUT2D eigenvalue weighted by Crippen LogP contribution is 2.35. The first-order chi connectivity index (χ1) is 8.79. The van der Waals surface area contributed by atoms with E-state index in [9.17, 15) is 13.2 Å². The van der Waals surface area contributed by atoms with E-state index in [4.69, 9.17) is 35.4 Å². The summed E-state index contributed by atoms with van der Waals surface area (Å²) in [7, 11) is 0. The lowest BCUT2D eigenvalue weighted by atomic mass is 10.1. The Hall–Kier alpha value is -1.04. The Morgan fingerprint density at radius 2 is 1.79 bits per heavy atom. The van der Waals surface area contributed by atoms with E-state index < -0.39 is 11.7 Å². The number of hydrogen-bond donors (Lipinski definition) is 1. The molecule has 1 aromatic carbocycles. The second kappa shape index (κ2) is 5.15. The van der Waals surface area contributed by atoms with Crippen LogP contribution < -0.4 is 0 Å². The summed E-state index contributed by atoms with van der Waals surface area (Å²) in [6.07, 6.45) is -4.47. The molecule has 0 bridgehead atoms. The van der Waals surface area contributed by atoms with Gasteiger partial charge in [-0.1, -0.05) is 47.6 Å². The summed E-state index contributed by atoms with van der Waals surface area (Å²) in [5, 5.41) is 0.435. The maximum absolute atomic E-state index is 12.7. The molecule has 0 amide bonds. The van der Waals surface area contributed by atoms with Crippen molar-refractivity contribution >= 4 is 35.4 Å². The van der Waals surface area contributed by atoms with Gasteiger partial charge in [0.05, 0.1) is 15.6 Å². The second-order valence-corrected chi connectivity index (χ2v) is 4.97. The number of halogens is 5. The molecule has 19 heavy (non-hydrogen) atoms. The number of rotatable bonds is 1. The van der Waals surface area contributed by atoms with Gasteiger partial charge in [-0.3, -0.25) is 0 Å². The maximum Gasteiger partial charge on any atom is 0.416 e. The van der Waals surface area contributed by atoms with Gasteiger partial charge in [0, 0.05) is 11.3 Å². The van der Waals surface area contributed by atoms with E-state index in [1.807, 2.05) is 0 Å². The third-order valence-electron chi connectivity index (χ3n) is 2.41. The van der Waals surface area contributed by atoms with Crippen LogP contribution in [0.25, 0.3) is 11.3 Å². The molecule has 0 saturated carbocycles. The molecule has 2 aromatic rings. The van der Waals surface area contributed by atoms with Crippen LogP contribution in [0.4, 0.5) is 13.2 Å². The van der Waals surface area contributed by atoms with Gasteiger partial charge in [0.25, 0.3) is 0 Å². The Balaban J connectivity index is 2.67. The number of benzene rings is 1. The Bertz CT molecular complexity index is 679. The van der Waals surface area contributed by atoms with Crippen LogP contribution in [-0.2, 0) is 6.18 Å². The molecule has 0 fully saturated rings. The molecular weight excluding hydrogens is 318 g/mol. The van der Waals surface area contributed by atoms with Gasteiger partial charge in [-0.15, -0.1) is 0 Å². The van der Waals surface area contributed by atoms with Crippen molar-refractivity contribution in [2.75, 3.05) is 0 Å². The highest BCUT2D eigenvalue weighted by atomic mass is 35.5. The fourth-order valence-electron chi connectivity index (χ4n) is 1.56. The van der Waals surface area contributed by atoms with Crippen molar-refractivity contribution < 1.29 is 13.2 Å². The van der Waals surface area contributed by atoms with Gasteiger partial charge in [-0.25, -0.2) is 0 Å². The largest absolute Gasteiger partial charge is 0.416 e. The van der Waals surface area contributed by atoms with Crippen LogP contribution in [0.1, 0.15) is 5.56 Å². The SMILES string of the molecule is FC(F)(F)c1cc(-c2cccc(Cl)c2Cl)[nH]c(=S)c1. The van der Waals surface area contributed by atoms with Crippen molar-refractivity contribution in [2.45, 2.75) is 6.18 Å². The van der Waals surface area contributed by atoms with Crippen LogP contribution in [0.5, 0.6) is 0 Å². The summed E-state index contributed by atoms with van der Waals surface area (Å²) in [6, 6.07) is 6.52. The number of pyridine rings is 1. The minimum absolute atomic E-state index is 0.0270. The van der Waals surface area contributed by atoms with Crippen LogP contribution in [-0.4, -0.2) is 4.98 Å². The van der Waals surface area contributed by atoms with Gasteiger partial charge in [-0.2, -0.15) is 13.2 Å². The maximum atomic E-state index is 12.7. The summed E-state index contributed by atoms with van der Waals surface area (Å²) in [5.74, 6) is 0. The fraction of sp³-hybridized carbons (Fsp3) is 0.0833. The molecule has 100 valence electrons. The summed E-state index contributed by atoms with van der Waals surface area (Å²) in [4.78, 5) is 2.68. The van der Waals surface area contributed by atoms with Crippen LogP contribution in [0.3, 0.4) is 0 Å². The zero-order valence-electron chi connectivity index (χ0n) is 9.18. The smallest absolute Gasteiger partial charge is 0.346 e. The molecule has 0 atom stereocenters. The number of H-pyrrole nitrogens is 1. The predicted molar refractivity (Wildman–Crippen MR) is 72.1 cm³/mol. The first-order valence-corrected chi connectivity index (χ1v) is 6.21. The van der Waals surface area contributed by atoms with Gasteiger partial charge < -0.3 is 4.98 Å². The van der Waals surface area contributed by atoms with Crippen molar-refractivity contribution in [3.63, 3.8) is 0 Å². The third-order valence-corrected chi connectivity index (χ3v) is 3.45. The summed E-state index contributed by atoms with van der Waals surface area (Å²) < 4.78 is 38.1. The molecule has 0 aliphatic rings. The molecule has 1 nitrogen and oxygen atoms in total. The minimum atomic E-state index is -4.47. The van der Waals surface area contributed by atoms with Crippen LogP contribution >= 0.6 is 35.4 Å². The summed E-state index contributed by atoms with van der Waals surface area (Å²) in [6.45, 7) is 0. The zero-order valence-corrected chi connectivity index (χ0v) is 11.5. The quantitative estimate of drug-likeness (QED) is 0.662. The van der Waals surface area contributed by atoms with E-state index in [0.29, 0.717) is 5.56 Å². The van der Waals surface area contributed by atoms with Crippen LogP contribution in [0, 0.1) is 4.64 Å². The van der Waals surface area contributed by atoms with Crippen LogP contribution in [0.2, 0.25) is 10.0 Å². The average Bonchev–Trinajstić information content (AvgIpc) is 2.31. The Morgan fingerprint density at radius 1 is 1.11 bits per heavy atom. The van der Waals surface area contributed by atoms with Crippen molar-refractivity contribution in [1.29, 1.82) is 0 Å². The van der Waals surface area contributed by atoms with E-state index in [2.05, 4.69) is 4.98 Å². The highest BCUT2D eigenvalue weighted by Gasteiger charge is 2.31. The minimum Gasteiger partial charge on any atom is -0.346 e. The molecule has 1 heterocycles. The molecule has 1 N–H and O–H groups in total. The fourth-order valence-corrected chi connectivity index (χ4v) is 2.20. The number of aromatic nitrogens is 1. The zero-order chi connectivity index (χ0) is 14.2. The second-order valence-electron chi connectivity index (χ2n) is 3.75. The number of aromatic amines is 1. The Kier molecular flexibility index (Phi) is 3.90. The van der Waals surface area contributed by atoms with Crippen molar-refractivity contribution in [3.8, 4) is 11.3 Å². The van der Waals surface area contributed by atoms with E-state index in [0.717, 1.165) is 12.1 Å². The Labute approximate surface area is 122 Å². The molecule has 0 radical (unpaired) electrons. The lowest BCUT2D eigenvalue weighted by Crippen LogP contribution is -2.05. The van der Waals surface area contributed by atoms with E-state index in [-0.39, 0.29) is 20.4 Å². The molecule has 0 aliphatic carbocycles. The number of nitrogens with one attached hydrogen (secondary N) is 1. The van der Waals surface area contributed by atoms with Gasteiger partial charge >= 0.3 is 6.18 Å². The number of hydrogen-bond acceptors (Lipinski definition) is 1. The summed E-state index contributed by atoms with van der Waals surface area (Å²) in [5.41, 5.74) is -0.291. The molecular formula is C12H6Cl2F3NS. The molecule has 7 heteroatoms. The molecule has 2 rings (SSSR count). The average molecular weight is 324 g/mol. The molecule has 0 spiro atoms. The van der Waals surface area contributed by atoms with Crippen molar-refractivity contribution in [2.24, 2.45) is 0 Å². The summed E-state index contributed by atoms with van der Waals surface area (Å²) >= 11 is 16.6. The predicted octanol–water partition coefficient (Wildman–Crippen LogP) is 5.74. The van der Waals surface area contributed by atoms with E-state index in [1.54, 1.807) is 18.2 Å². The van der Waals surface area contributed by atoms with Gasteiger partial charge in [0.15, 0.2) is 0 Å². The molecule has 0 saturated heterocycles. The van der Waals surface area contributed by atoms with Crippen molar-refractivity contribution in [1.82, 2.24) is 4.98 Å². The topological polar surface area (TPSA) is 15.8 Å². The molecule has 1 aromatic heterocycles. The normalized spacial score (nSPS) is 11.6. The first kappa shape index (κ1) is 14.4. The molecule has 0 unspecified atom stereocenters. The van der Waals surface area contributed by atoms with Gasteiger partial charge in [0.2, 0.25) is 0 Å². The van der Waals surface area contributed by atoms with E-state index in [1.165, 1.54) is 0 Å². The van der Waals surface area contributed by atoms with Gasteiger partial charge in [0.1, 0.15) is 4.64 Å². The highest BCUT2D eigenvalue weighted by molar-refractivity contribution is 7.71. The van der Waals surface area contributed by atoms with Gasteiger partial charge in [-0.05, 0) is 18.2 Å². The first-order valence-electron chi connectivity index (χ1n) is 5.05. The van der Waals surface area contributed by atoms with Crippen molar-refractivity contribution in [3.05, 3.63) is 50.6 Å². The number of alkyl halides is 3. The lowest BCUT2D eigenvalue weighted by Gasteiger charge is -2.10.